The summed E-state index contributed by atoms with van der Waals surface area (Å²) in [6.45, 7) is 35.6. The minimum absolute atomic E-state index is 0. The SMILES string of the molecule is C=COC.C=COC.C=COC.C=COC.C=COC.C=COC.C=COC.C=COC.C=COCCOC(C(F)(F)F)C(F)(F)F.C=COCCOCC(F)(F)F.C=COCCOCC1CCCCC1.F. The van der Waals surface area contributed by atoms with Crippen LogP contribution < -0.4 is 0 Å². The van der Waals surface area contributed by atoms with Crippen LogP contribution in [-0.2, 0) is 66.3 Å². The van der Waals surface area contributed by atoms with Gasteiger partial charge in [0.15, 0.2) is 0 Å². The Kier molecular flexibility index (Phi) is 109. The molecule has 0 bridgehead atoms. The third kappa shape index (κ3) is 137. The van der Waals surface area contributed by atoms with Crippen molar-refractivity contribution >= 4 is 0 Å². The number of ether oxygens (including phenoxy) is 14. The van der Waals surface area contributed by atoms with E-state index >= 15 is 0 Å². The highest BCUT2D eigenvalue weighted by Gasteiger charge is 2.57. The first-order chi connectivity index (χ1) is 33.5. The Morgan fingerprint density at radius 3 is 0.861 bits per heavy atom. The van der Waals surface area contributed by atoms with E-state index in [1.165, 1.54) is 88.5 Å². The minimum atomic E-state index is -5.48. The van der Waals surface area contributed by atoms with Crippen LogP contribution in [0.3, 0.4) is 0 Å². The molecule has 0 spiro atoms. The molecule has 0 aromatic carbocycles. The van der Waals surface area contributed by atoms with Crippen molar-refractivity contribution in [3.8, 4) is 0 Å². The fourth-order valence-corrected chi connectivity index (χ4v) is 2.84. The third-order valence-electron chi connectivity index (χ3n) is 5.80. The number of halogens is 10. The molecule has 14 nitrogen and oxygen atoms in total. The first-order valence-electron chi connectivity index (χ1n) is 20.3. The third-order valence-corrected chi connectivity index (χ3v) is 5.80. The normalized spacial score (nSPS) is 10.1. The van der Waals surface area contributed by atoms with E-state index in [1.807, 2.05) is 0 Å². The summed E-state index contributed by atoms with van der Waals surface area (Å²) in [5.74, 6) is 0.803. The van der Waals surface area contributed by atoms with Crippen LogP contribution in [0.15, 0.2) is 141 Å². The van der Waals surface area contributed by atoms with Crippen LogP contribution >= 0.6 is 0 Å². The predicted molar refractivity (Wildman–Crippen MR) is 265 cm³/mol. The number of methoxy groups -OCH3 is 8. The lowest BCUT2D eigenvalue weighted by molar-refractivity contribution is -0.322. The predicted octanol–water partition coefficient (Wildman–Crippen LogP) is 13.5. The van der Waals surface area contributed by atoms with Gasteiger partial charge < -0.3 is 66.3 Å². The fraction of sp³-hybridized carbons (Fsp3) is 0.542. The molecule has 1 saturated carbocycles. The van der Waals surface area contributed by atoms with Crippen LogP contribution in [0.4, 0.5) is 44.2 Å². The lowest BCUT2D eigenvalue weighted by atomic mass is 9.90. The van der Waals surface area contributed by atoms with Gasteiger partial charge in [-0.1, -0.05) is 91.6 Å². The molecule has 1 fully saturated rings. The summed E-state index contributed by atoms with van der Waals surface area (Å²) < 4.78 is 167. The molecule has 0 saturated heterocycles. The lowest BCUT2D eigenvalue weighted by Gasteiger charge is -2.22. The van der Waals surface area contributed by atoms with Crippen molar-refractivity contribution < 1.29 is 111 Å². The topological polar surface area (TPSA) is 129 Å². The van der Waals surface area contributed by atoms with Crippen molar-refractivity contribution in [1.29, 1.82) is 0 Å². The number of rotatable bonds is 24. The molecule has 0 N–H and O–H groups in total. The average molecular weight is 1080 g/mol. The van der Waals surface area contributed by atoms with Gasteiger partial charge in [0, 0.05) is 6.61 Å². The minimum Gasteiger partial charge on any atom is -0.505 e. The van der Waals surface area contributed by atoms with Gasteiger partial charge in [-0.2, -0.15) is 39.5 Å². The molecule has 1 aliphatic rings. The van der Waals surface area contributed by atoms with Crippen LogP contribution in [0.1, 0.15) is 32.1 Å². The van der Waals surface area contributed by atoms with Gasteiger partial charge in [0.1, 0.15) is 26.4 Å². The van der Waals surface area contributed by atoms with Crippen LogP contribution in [-0.4, -0.2) is 134 Å². The van der Waals surface area contributed by atoms with E-state index in [4.69, 9.17) is 9.47 Å². The number of hydrogen-bond donors (Lipinski definition) is 0. The molecule has 0 unspecified atom stereocenters. The Balaban J connectivity index is -0.0000000666. The summed E-state index contributed by atoms with van der Waals surface area (Å²) >= 11 is 0. The highest BCUT2D eigenvalue weighted by Crippen LogP contribution is 2.35. The van der Waals surface area contributed by atoms with E-state index < -0.39 is 44.5 Å². The Hall–Kier alpha value is -5.88. The van der Waals surface area contributed by atoms with Crippen LogP contribution in [0.25, 0.3) is 0 Å². The van der Waals surface area contributed by atoms with Crippen LogP contribution in [0.2, 0.25) is 0 Å². The van der Waals surface area contributed by atoms with Gasteiger partial charge in [-0.25, -0.2) is 0 Å². The first kappa shape index (κ1) is 92.3. The molecule has 0 aliphatic heterocycles. The Labute approximate surface area is 423 Å². The van der Waals surface area contributed by atoms with Crippen molar-refractivity contribution in [3.63, 3.8) is 0 Å². The highest BCUT2D eigenvalue weighted by atomic mass is 19.4. The second-order valence-electron chi connectivity index (χ2n) is 10.9. The van der Waals surface area contributed by atoms with E-state index in [-0.39, 0.29) is 17.9 Å². The van der Waals surface area contributed by atoms with Crippen LogP contribution in [0.5, 0.6) is 0 Å². The molecule has 24 heteroatoms. The molecular weight excluding hydrogens is 990 g/mol. The van der Waals surface area contributed by atoms with Gasteiger partial charge >= 0.3 is 18.5 Å². The molecule has 0 heterocycles. The zero-order chi connectivity index (χ0) is 57.5. The smallest absolute Gasteiger partial charge is 0.423 e. The Bertz CT molecular complexity index is 997. The summed E-state index contributed by atoms with van der Waals surface area (Å²) in [5.41, 5.74) is 0. The zero-order valence-corrected chi connectivity index (χ0v) is 43.5. The lowest BCUT2D eigenvalue weighted by Crippen LogP contribution is -2.44. The van der Waals surface area contributed by atoms with Gasteiger partial charge in [-0.3, -0.25) is 4.70 Å². The number of hydrogen-bond acceptors (Lipinski definition) is 14. The molecule has 0 amide bonds. The maximum atomic E-state index is 11.8. The summed E-state index contributed by atoms with van der Waals surface area (Å²) in [4.78, 5) is 0. The highest BCUT2D eigenvalue weighted by molar-refractivity contribution is 4.76. The van der Waals surface area contributed by atoms with Crippen molar-refractivity contribution in [3.05, 3.63) is 141 Å². The fourth-order valence-electron chi connectivity index (χ4n) is 2.84. The molecule has 432 valence electrons. The molecule has 0 aromatic rings. The largest absolute Gasteiger partial charge is 0.505 e. The van der Waals surface area contributed by atoms with Gasteiger partial charge in [-0.05, 0) is 18.8 Å². The zero-order valence-electron chi connectivity index (χ0n) is 43.5. The summed E-state index contributed by atoms with van der Waals surface area (Å²) in [6, 6.07) is 0. The standard InChI is InChI=1S/C11H20O2.C7H8F6O2.C6H9F3O2.8C3H6O.FH/c1-2-12-8-9-13-10-11-6-4-3-5-7-11;1-2-14-3-4-15-5(6(8,9)10)7(11,12)13;1-2-10-3-4-11-5-6(7,8)9;8*1-3-4-2;/h2,11H,1,3-10H2;2,5H,1,3-4H2;2H,1,3-5H2;8*3H,1H2,2H3;1H. The molecule has 0 atom stereocenters. The van der Waals surface area contributed by atoms with Gasteiger partial charge in [0.25, 0.3) is 0 Å². The van der Waals surface area contributed by atoms with Crippen molar-refractivity contribution in [1.82, 2.24) is 0 Å². The van der Waals surface area contributed by atoms with E-state index in [0.717, 1.165) is 25.0 Å². The van der Waals surface area contributed by atoms with Crippen molar-refractivity contribution in [2.75, 3.05) is 110 Å². The summed E-state index contributed by atoms with van der Waals surface area (Å²) in [5, 5.41) is 0. The molecular formula is C48H86F10O14. The average Bonchev–Trinajstić information content (AvgIpc) is 3.36. The monoisotopic (exact) mass is 1080 g/mol. The quantitative estimate of drug-likeness (QED) is 0.0516. The van der Waals surface area contributed by atoms with E-state index in [1.54, 1.807) is 56.9 Å². The van der Waals surface area contributed by atoms with Crippen LogP contribution in [0, 0.1) is 5.92 Å². The van der Waals surface area contributed by atoms with E-state index in [0.29, 0.717) is 13.2 Å². The van der Waals surface area contributed by atoms with Crippen molar-refractivity contribution in [2.24, 2.45) is 5.92 Å². The maximum absolute atomic E-state index is 11.8. The van der Waals surface area contributed by atoms with E-state index in [2.05, 4.69) is 129 Å². The second-order valence-corrected chi connectivity index (χ2v) is 10.9. The number of alkyl halides is 9. The Morgan fingerprint density at radius 2 is 0.639 bits per heavy atom. The van der Waals surface area contributed by atoms with Gasteiger partial charge in [0.05, 0.1) is 146 Å². The maximum Gasteiger partial charge on any atom is 0.423 e. The van der Waals surface area contributed by atoms with Gasteiger partial charge in [0.2, 0.25) is 6.10 Å². The molecule has 0 radical (unpaired) electrons. The Morgan fingerprint density at radius 1 is 0.389 bits per heavy atom. The second kappa shape index (κ2) is 85.0. The first-order valence-corrected chi connectivity index (χ1v) is 20.3. The van der Waals surface area contributed by atoms with Gasteiger partial charge in [-0.15, -0.1) is 0 Å². The molecule has 72 heavy (non-hydrogen) atoms. The molecule has 0 aromatic heterocycles. The summed E-state index contributed by atoms with van der Waals surface area (Å²) in [6.07, 6.45) is 2.39. The van der Waals surface area contributed by atoms with Crippen molar-refractivity contribution in [2.45, 2.75) is 56.7 Å². The van der Waals surface area contributed by atoms with E-state index in [9.17, 15) is 39.5 Å². The molecule has 1 aliphatic carbocycles. The summed E-state index contributed by atoms with van der Waals surface area (Å²) in [7, 11) is 12.5. The molecule has 1 rings (SSSR count).